The molecule has 2 aliphatic rings. The second-order valence-electron chi connectivity index (χ2n) is 12.5. The van der Waals surface area contributed by atoms with Gasteiger partial charge >= 0.3 is 18.0 Å². The van der Waals surface area contributed by atoms with Gasteiger partial charge in [-0.25, -0.2) is 4.79 Å². The minimum Gasteiger partial charge on any atom is -0.444 e. The van der Waals surface area contributed by atoms with Crippen molar-refractivity contribution in [3.8, 4) is 12.3 Å². The van der Waals surface area contributed by atoms with Crippen molar-refractivity contribution in [3.05, 3.63) is 12.2 Å². The van der Waals surface area contributed by atoms with Crippen LogP contribution in [0.15, 0.2) is 12.2 Å². The molecule has 11 heteroatoms. The molecule has 2 rings (SSSR count). The second-order valence-corrected chi connectivity index (χ2v) is 12.5. The number of allylic oxidation sites excluding steroid dienone is 1. The number of ether oxygens (including phenoxy) is 3. The maximum absolute atomic E-state index is 12.8. The number of carbonyl (C=O) groups is 5. The first-order valence-corrected chi connectivity index (χ1v) is 14.1. The first kappa shape index (κ1) is 33.7. The van der Waals surface area contributed by atoms with Crippen LogP contribution in [-0.2, 0) is 33.4 Å². The zero-order chi connectivity index (χ0) is 30.8. The highest BCUT2D eigenvalue weighted by Gasteiger charge is 2.30. The Hall–Kier alpha value is -3.55. The molecule has 2 saturated heterocycles. The number of amides is 3. The molecule has 1 N–H and O–H groups in total. The molecule has 0 radical (unpaired) electrons. The number of nitrogens with one attached hydrogen (secondary N) is 1. The lowest BCUT2D eigenvalue weighted by Crippen LogP contribution is -2.46. The lowest BCUT2D eigenvalue weighted by atomic mass is 9.95. The number of piperidine rings is 2. The zero-order valence-corrected chi connectivity index (χ0v) is 25.2. The van der Waals surface area contributed by atoms with Crippen LogP contribution in [0.2, 0.25) is 0 Å². The highest BCUT2D eigenvalue weighted by molar-refractivity contribution is 5.88. The molecular formula is C30H45N3O8. The number of likely N-dealkylation sites (tertiary alicyclic amines) is 2. The Morgan fingerprint density at radius 2 is 1.63 bits per heavy atom. The van der Waals surface area contributed by atoms with Crippen LogP contribution in [-0.4, -0.2) is 84.8 Å². The van der Waals surface area contributed by atoms with Gasteiger partial charge < -0.3 is 29.3 Å². The molecule has 41 heavy (non-hydrogen) atoms. The monoisotopic (exact) mass is 575 g/mol. The average Bonchev–Trinajstić information content (AvgIpc) is 2.90. The number of rotatable bonds is 8. The number of terminal acetylenes is 1. The Balaban J connectivity index is 1.77. The van der Waals surface area contributed by atoms with Crippen LogP contribution in [0.1, 0.15) is 67.2 Å². The van der Waals surface area contributed by atoms with Gasteiger partial charge in [-0.05, 0) is 79.2 Å². The Morgan fingerprint density at radius 3 is 2.22 bits per heavy atom. The first-order chi connectivity index (χ1) is 19.1. The molecule has 0 aliphatic carbocycles. The normalized spacial score (nSPS) is 19.2. The Kier molecular flexibility index (Phi) is 12.2. The second kappa shape index (κ2) is 14.9. The molecule has 0 unspecified atom stereocenters. The maximum Gasteiger partial charge on any atom is 0.410 e. The van der Waals surface area contributed by atoms with Crippen molar-refractivity contribution in [2.24, 2.45) is 23.2 Å². The molecule has 2 heterocycles. The largest absolute Gasteiger partial charge is 0.444 e. The lowest BCUT2D eigenvalue weighted by Gasteiger charge is -2.33. The maximum atomic E-state index is 12.8. The predicted octanol–water partition coefficient (Wildman–Crippen LogP) is 2.88. The minimum atomic E-state index is -1.04. The lowest BCUT2D eigenvalue weighted by molar-refractivity contribution is -0.174. The van der Waals surface area contributed by atoms with Crippen molar-refractivity contribution < 1.29 is 38.2 Å². The molecule has 3 amide bonds. The van der Waals surface area contributed by atoms with Crippen molar-refractivity contribution in [1.29, 1.82) is 0 Å². The first-order valence-electron chi connectivity index (χ1n) is 14.1. The standard InChI is InChI=1S/C30H45N3O8/c1-8-22(26(36)39-20-40-27(37)29(2,3)4)18-31-25(35)23-10-9-15-33(19-23)24(34)12-11-21-13-16-32(17-14-21)28(38)41-30(5,6)7/h1,11-12,21-23H,9-10,13-20H2,2-7H3,(H,31,35)/b12-11+/t22-,23+/m0/s1. The van der Waals surface area contributed by atoms with E-state index in [1.54, 1.807) is 36.6 Å². The van der Waals surface area contributed by atoms with Crippen LogP contribution in [0.3, 0.4) is 0 Å². The van der Waals surface area contributed by atoms with Gasteiger partial charge in [-0.2, -0.15) is 0 Å². The number of esters is 2. The Bertz CT molecular complexity index is 1030. The Morgan fingerprint density at radius 1 is 0.976 bits per heavy atom. The summed E-state index contributed by atoms with van der Waals surface area (Å²) in [7, 11) is 0. The fraction of sp³-hybridized carbons (Fsp3) is 0.700. The van der Waals surface area contributed by atoms with E-state index in [4.69, 9.17) is 20.6 Å². The summed E-state index contributed by atoms with van der Waals surface area (Å²) in [6, 6.07) is 0. The molecule has 0 spiro atoms. The van der Waals surface area contributed by atoms with E-state index in [1.807, 2.05) is 26.8 Å². The highest BCUT2D eigenvalue weighted by Crippen LogP contribution is 2.22. The van der Waals surface area contributed by atoms with Crippen molar-refractivity contribution in [3.63, 3.8) is 0 Å². The molecule has 2 atom stereocenters. The summed E-state index contributed by atoms with van der Waals surface area (Å²) in [6.07, 6.45) is 11.3. The minimum absolute atomic E-state index is 0.131. The quantitative estimate of drug-likeness (QED) is 0.202. The van der Waals surface area contributed by atoms with E-state index in [9.17, 15) is 24.0 Å². The van der Waals surface area contributed by atoms with Crippen molar-refractivity contribution in [2.45, 2.75) is 72.8 Å². The van der Waals surface area contributed by atoms with Crippen molar-refractivity contribution in [1.82, 2.24) is 15.1 Å². The smallest absolute Gasteiger partial charge is 0.410 e. The van der Waals surface area contributed by atoms with Crippen LogP contribution in [0.25, 0.3) is 0 Å². The van der Waals surface area contributed by atoms with E-state index in [2.05, 4.69) is 11.2 Å². The van der Waals surface area contributed by atoms with Gasteiger partial charge in [0, 0.05) is 32.7 Å². The fourth-order valence-electron chi connectivity index (χ4n) is 4.33. The van der Waals surface area contributed by atoms with E-state index in [0.29, 0.717) is 32.5 Å². The van der Waals surface area contributed by atoms with Gasteiger partial charge in [-0.1, -0.05) is 12.0 Å². The number of nitrogens with zero attached hydrogens (tertiary/aromatic N) is 2. The van der Waals surface area contributed by atoms with Gasteiger partial charge in [0.05, 0.1) is 11.3 Å². The van der Waals surface area contributed by atoms with Crippen LogP contribution in [0, 0.1) is 35.5 Å². The number of carbonyl (C=O) groups excluding carboxylic acids is 5. The van der Waals surface area contributed by atoms with Crippen LogP contribution in [0.5, 0.6) is 0 Å². The summed E-state index contributed by atoms with van der Waals surface area (Å²) in [5.74, 6) is -0.765. The summed E-state index contributed by atoms with van der Waals surface area (Å²) >= 11 is 0. The molecule has 0 saturated carbocycles. The van der Waals surface area contributed by atoms with Crippen molar-refractivity contribution >= 4 is 29.8 Å². The molecular weight excluding hydrogens is 530 g/mol. The van der Waals surface area contributed by atoms with E-state index >= 15 is 0 Å². The number of hydrogen-bond donors (Lipinski definition) is 1. The molecule has 2 aliphatic heterocycles. The summed E-state index contributed by atoms with van der Waals surface area (Å²) in [5.41, 5.74) is -1.28. The SMILES string of the molecule is C#C[C@@H](CNC(=O)[C@@H]1CCCN(C(=O)/C=C/C2CCN(C(=O)OC(C)(C)C)CC2)C1)C(=O)OCOC(=O)C(C)(C)C. The number of hydrogen-bond acceptors (Lipinski definition) is 8. The Labute approximate surface area is 243 Å². The topological polar surface area (TPSA) is 132 Å². The summed E-state index contributed by atoms with van der Waals surface area (Å²) < 4.78 is 15.3. The average molecular weight is 576 g/mol. The summed E-state index contributed by atoms with van der Waals surface area (Å²) in [4.78, 5) is 65.3. The third-order valence-corrected chi connectivity index (χ3v) is 6.78. The van der Waals surface area contributed by atoms with Crippen molar-refractivity contribution in [2.75, 3.05) is 39.5 Å². The van der Waals surface area contributed by atoms with Crippen LogP contribution >= 0.6 is 0 Å². The van der Waals surface area contributed by atoms with Crippen LogP contribution < -0.4 is 5.32 Å². The molecule has 0 aromatic carbocycles. The van der Waals surface area contributed by atoms with E-state index in [-0.39, 0.29) is 36.9 Å². The molecule has 0 aromatic heterocycles. The van der Waals surface area contributed by atoms with E-state index in [1.165, 1.54) is 0 Å². The van der Waals surface area contributed by atoms with Gasteiger partial charge in [0.2, 0.25) is 18.6 Å². The van der Waals surface area contributed by atoms with Gasteiger partial charge in [-0.15, -0.1) is 6.42 Å². The predicted molar refractivity (Wildman–Crippen MR) is 151 cm³/mol. The van der Waals surface area contributed by atoms with Gasteiger partial charge in [0.15, 0.2) is 0 Å². The third kappa shape index (κ3) is 11.5. The third-order valence-electron chi connectivity index (χ3n) is 6.78. The van der Waals surface area contributed by atoms with Crippen LogP contribution in [0.4, 0.5) is 4.79 Å². The van der Waals surface area contributed by atoms with Gasteiger partial charge in [0.25, 0.3) is 0 Å². The molecule has 0 bridgehead atoms. The van der Waals surface area contributed by atoms with E-state index < -0.39 is 41.6 Å². The molecule has 0 aromatic rings. The summed E-state index contributed by atoms with van der Waals surface area (Å²) in [6.45, 7) is 11.8. The highest BCUT2D eigenvalue weighted by atomic mass is 16.7. The summed E-state index contributed by atoms with van der Waals surface area (Å²) in [5, 5.41) is 2.69. The molecule has 228 valence electrons. The van der Waals surface area contributed by atoms with Gasteiger partial charge in [0.1, 0.15) is 11.5 Å². The fourth-order valence-corrected chi connectivity index (χ4v) is 4.33. The molecule has 11 nitrogen and oxygen atoms in total. The van der Waals surface area contributed by atoms with Gasteiger partial charge in [-0.3, -0.25) is 19.2 Å². The van der Waals surface area contributed by atoms with E-state index in [0.717, 1.165) is 12.8 Å². The molecule has 2 fully saturated rings. The zero-order valence-electron chi connectivity index (χ0n) is 25.2.